The number of hydrogen-bond donors (Lipinski definition) is 2. The Hall–Kier alpha value is -6.56. The van der Waals surface area contributed by atoms with Crippen LogP contribution in [0.5, 0.6) is 0 Å². The molecular weight excluding hydrogens is 941 g/mol. The number of esters is 1. The molecular formula is C55H53ClN5O5PS2. The molecule has 2 N–H and O–H groups in total. The predicted octanol–water partition coefficient (Wildman–Crippen LogP) is 9.43. The van der Waals surface area contributed by atoms with Gasteiger partial charge in [0.2, 0.25) is 0 Å². The minimum absolute atomic E-state index is 0. The van der Waals surface area contributed by atoms with Gasteiger partial charge in [0, 0.05) is 0 Å². The third-order valence-corrected chi connectivity index (χ3v) is 22.2. The Labute approximate surface area is 417 Å². The van der Waals surface area contributed by atoms with E-state index in [1.165, 1.54) is 18.4 Å². The smallest absolute Gasteiger partial charge is 0.147 e. The van der Waals surface area contributed by atoms with Gasteiger partial charge in [0.25, 0.3) is 0 Å². The van der Waals surface area contributed by atoms with Crippen molar-refractivity contribution in [3.05, 3.63) is 220 Å². The van der Waals surface area contributed by atoms with Gasteiger partial charge in [-0.3, -0.25) is 0 Å². The van der Waals surface area contributed by atoms with Gasteiger partial charge in [0.05, 0.1) is 0 Å². The molecule has 10 nitrogen and oxygen atoms in total. The van der Waals surface area contributed by atoms with E-state index in [9.17, 15) is 14.4 Å². The van der Waals surface area contributed by atoms with Gasteiger partial charge >= 0.3 is 294 Å². The summed E-state index contributed by atoms with van der Waals surface area (Å²) in [6.45, 7) is 3.88. The average molecular weight is 995 g/mol. The Kier molecular flexibility index (Phi) is 14.0. The molecule has 9 rings (SSSR count). The third kappa shape index (κ3) is 8.65. The van der Waals surface area contributed by atoms with Crippen molar-refractivity contribution in [2.45, 2.75) is 44.0 Å². The first-order valence-electron chi connectivity index (χ1n) is 22.3. The van der Waals surface area contributed by atoms with Crippen molar-refractivity contribution in [1.29, 1.82) is 0 Å². The molecule has 7 aromatic rings. The normalized spacial score (nSPS) is 16.7. The molecule has 0 radical (unpaired) electrons. The quantitative estimate of drug-likeness (QED) is 0.0276. The second-order valence-corrected chi connectivity index (χ2v) is 25.2. The van der Waals surface area contributed by atoms with Crippen LogP contribution in [0, 0.1) is 0 Å². The number of thiazole rings is 1. The Morgan fingerprint density at radius 3 is 1.57 bits per heavy atom. The van der Waals surface area contributed by atoms with Crippen LogP contribution in [0.1, 0.15) is 43.2 Å². The summed E-state index contributed by atoms with van der Waals surface area (Å²) in [6.07, 6.45) is 0. The summed E-state index contributed by atoms with van der Waals surface area (Å²) in [5.41, 5.74) is 1.58. The number of hydrogen-bond acceptors (Lipinski definition) is 10. The molecule has 0 saturated carbocycles. The zero-order valence-electron chi connectivity index (χ0n) is 38.8. The van der Waals surface area contributed by atoms with Crippen molar-refractivity contribution >= 4 is 86.6 Å². The summed E-state index contributed by atoms with van der Waals surface area (Å²) in [7, 11) is 1.36. The van der Waals surface area contributed by atoms with Crippen LogP contribution < -0.4 is 26.5 Å². The van der Waals surface area contributed by atoms with E-state index in [0.717, 1.165) is 37.3 Å². The summed E-state index contributed by atoms with van der Waals surface area (Å²) in [5.74, 6) is -1.30. The molecule has 2 unspecified atom stereocenters. The fourth-order valence-corrected chi connectivity index (χ4v) is 18.8. The molecule has 1 aromatic heterocycles. The number of ether oxygens (including phenoxy) is 1. The molecule has 1 saturated heterocycles. The molecule has 6 aromatic carbocycles. The maximum Gasteiger partial charge on any atom is -0.147 e. The third-order valence-electron chi connectivity index (χ3n) is 12.7. The molecule has 0 spiro atoms. The SMILES string of the molecule is CON=C(C(=O)NC1C(=O)N2C(C(=O)OC(C)(C)C)=C(P(C)(c3ccccc3)(c3ccccc3)c3ccccc3)SCC12)c1csc(NC(c2ccccc2)(c2ccccc2)c2ccccc2)n1.Cl. The Morgan fingerprint density at radius 1 is 0.710 bits per heavy atom. The van der Waals surface area contributed by atoms with Crippen molar-refractivity contribution in [3.8, 4) is 0 Å². The van der Waals surface area contributed by atoms with E-state index in [2.05, 4.69) is 95.3 Å². The number of halogens is 1. The number of fused-ring (bicyclic) bond motifs is 1. The number of rotatable bonds is 14. The summed E-state index contributed by atoms with van der Waals surface area (Å²) >= 11 is 2.87. The molecule has 0 aliphatic carbocycles. The number of benzene rings is 6. The van der Waals surface area contributed by atoms with E-state index in [1.54, 1.807) is 22.0 Å². The molecule has 69 heavy (non-hydrogen) atoms. The van der Waals surface area contributed by atoms with Gasteiger partial charge in [0.1, 0.15) is 5.54 Å². The van der Waals surface area contributed by atoms with E-state index in [1.807, 2.05) is 130 Å². The van der Waals surface area contributed by atoms with E-state index < -0.39 is 47.6 Å². The number of amides is 2. The van der Waals surface area contributed by atoms with Crippen molar-refractivity contribution in [1.82, 2.24) is 15.2 Å². The minimum atomic E-state index is -3.83. The van der Waals surface area contributed by atoms with E-state index in [0.29, 0.717) is 10.9 Å². The van der Waals surface area contributed by atoms with Crippen molar-refractivity contribution < 1.29 is 24.0 Å². The minimum Gasteiger partial charge on any atom is -0.147 e. The maximum atomic E-state index is 14.9. The predicted molar refractivity (Wildman–Crippen MR) is 285 cm³/mol. The molecule has 1 fully saturated rings. The zero-order valence-corrected chi connectivity index (χ0v) is 42.2. The number of β-lactam (4-membered cyclic amide) rings is 1. The van der Waals surface area contributed by atoms with E-state index >= 15 is 0 Å². The summed E-state index contributed by atoms with van der Waals surface area (Å²) < 4.78 is 6.97. The molecule has 2 atom stereocenters. The van der Waals surface area contributed by atoms with Crippen LogP contribution in [0.3, 0.4) is 0 Å². The van der Waals surface area contributed by atoms with Gasteiger partial charge in [-0.05, 0) is 16.7 Å². The Morgan fingerprint density at radius 2 is 1.14 bits per heavy atom. The van der Waals surface area contributed by atoms with Crippen LogP contribution in [0.2, 0.25) is 0 Å². The summed E-state index contributed by atoms with van der Waals surface area (Å²) in [5, 5.41) is 16.3. The molecule has 2 aliphatic heterocycles. The van der Waals surface area contributed by atoms with Gasteiger partial charge in [-0.15, -0.1) is 12.4 Å². The second-order valence-electron chi connectivity index (χ2n) is 17.9. The first-order valence-corrected chi connectivity index (χ1v) is 26.9. The van der Waals surface area contributed by atoms with Gasteiger partial charge in [-0.2, -0.15) is 0 Å². The van der Waals surface area contributed by atoms with Gasteiger partial charge < -0.3 is 0 Å². The van der Waals surface area contributed by atoms with Crippen LogP contribution >= 0.6 is 42.1 Å². The van der Waals surface area contributed by atoms with Crippen LogP contribution in [-0.4, -0.2) is 70.6 Å². The fourth-order valence-electron chi connectivity index (χ4n) is 9.51. The van der Waals surface area contributed by atoms with Crippen molar-refractivity contribution in [2.24, 2.45) is 5.16 Å². The number of anilines is 1. The zero-order chi connectivity index (χ0) is 47.5. The number of thioether (sulfide) groups is 1. The molecule has 0 bridgehead atoms. The number of nitrogens with zero attached hydrogens (tertiary/aromatic N) is 3. The van der Waals surface area contributed by atoms with E-state index in [4.69, 9.17) is 14.6 Å². The van der Waals surface area contributed by atoms with Crippen LogP contribution in [0.15, 0.2) is 203 Å². The van der Waals surface area contributed by atoms with Crippen LogP contribution in [-0.2, 0) is 29.5 Å². The van der Waals surface area contributed by atoms with Gasteiger partial charge in [-0.25, -0.2) is 0 Å². The largest absolute Gasteiger partial charge is 0.147 e. The molecule has 2 aliphatic rings. The van der Waals surface area contributed by atoms with Crippen molar-refractivity contribution in [3.63, 3.8) is 0 Å². The van der Waals surface area contributed by atoms with Gasteiger partial charge in [0.15, 0.2) is 0 Å². The van der Waals surface area contributed by atoms with E-state index in [-0.39, 0.29) is 29.5 Å². The Balaban J connectivity index is 0.00000642. The number of oxime groups is 1. The number of aromatic nitrogens is 1. The fraction of sp³-hybridized carbons (Fsp3) is 0.182. The average Bonchev–Trinajstić information content (AvgIpc) is 3.84. The van der Waals surface area contributed by atoms with Crippen LogP contribution in [0.4, 0.5) is 5.13 Å². The first-order chi connectivity index (χ1) is 32.9. The number of carbonyl (C=O) groups is 3. The monoisotopic (exact) mass is 993 g/mol. The second kappa shape index (κ2) is 19.8. The number of nitrogens with one attached hydrogen (secondary N) is 2. The number of carbonyl (C=O) groups excluding carboxylic acids is 3. The molecule has 2 amide bonds. The van der Waals surface area contributed by atoms with Crippen molar-refractivity contribution in [2.75, 3.05) is 24.8 Å². The van der Waals surface area contributed by atoms with Crippen LogP contribution in [0.25, 0.3) is 0 Å². The molecule has 3 heterocycles. The molecule has 14 heteroatoms. The first kappa shape index (κ1) is 48.9. The summed E-state index contributed by atoms with van der Waals surface area (Å²) in [6, 6.07) is 59.7. The molecule has 352 valence electrons. The topological polar surface area (TPSA) is 122 Å². The van der Waals surface area contributed by atoms with Gasteiger partial charge in [-0.1, -0.05) is 91.0 Å². The summed E-state index contributed by atoms with van der Waals surface area (Å²) in [4.78, 5) is 56.0. The standard InChI is InChI=1S/C55H52N5O5PS2.ClH/c1-54(2,3)65-51(63)48-52(66(5,41-30-18-9-19-31-41,42-32-20-10-21-33-42)43-34-22-11-23-35-43)67-37-45-47(50(62)60(45)48)57-49(61)46(59-64-4)44-36-68-53(56-44)58-55(38-24-12-6-13-25-38,39-26-14-7-15-27-39)40-28-16-8-17-29-40;/h6-36,45,47H,37H2,1-5H3,(H,56,58)(H,57,61);1H. The maximum absolute atomic E-state index is 14.9. The Bertz CT molecular complexity index is 2810.